The summed E-state index contributed by atoms with van der Waals surface area (Å²) in [7, 11) is 1.80. The number of hydrogen-bond donors (Lipinski definition) is 2. The lowest BCUT2D eigenvalue weighted by molar-refractivity contribution is -0.274. The van der Waals surface area contributed by atoms with Crippen molar-refractivity contribution in [3.63, 3.8) is 0 Å². The van der Waals surface area contributed by atoms with E-state index in [1.807, 2.05) is 50.2 Å². The molecule has 1 heterocycles. The Bertz CT molecular complexity index is 1450. The highest BCUT2D eigenvalue weighted by molar-refractivity contribution is 7.96. The van der Waals surface area contributed by atoms with E-state index in [2.05, 4.69) is 24.3 Å². The first-order valence-corrected chi connectivity index (χ1v) is 12.1. The molecule has 0 fully saturated rings. The normalized spacial score (nSPS) is 11.6. The van der Waals surface area contributed by atoms with Crippen molar-refractivity contribution in [1.82, 2.24) is 14.5 Å². The molecule has 0 saturated heterocycles. The van der Waals surface area contributed by atoms with Gasteiger partial charge < -0.3 is 14.8 Å². The summed E-state index contributed by atoms with van der Waals surface area (Å²) in [6.45, 7) is 3.97. The number of rotatable bonds is 8. The third-order valence-electron chi connectivity index (χ3n) is 5.50. The Morgan fingerprint density at radius 3 is 2.45 bits per heavy atom. The minimum Gasteiger partial charge on any atom is -0.487 e. The number of anilines is 1. The molecule has 0 radical (unpaired) electrons. The van der Waals surface area contributed by atoms with E-state index in [1.54, 1.807) is 17.9 Å². The van der Waals surface area contributed by atoms with Gasteiger partial charge in [-0.3, -0.25) is 9.40 Å². The number of amides is 2. The van der Waals surface area contributed by atoms with Gasteiger partial charge >= 0.3 is 12.4 Å². The van der Waals surface area contributed by atoms with Crippen LogP contribution >= 0.6 is 12.1 Å². The lowest BCUT2D eigenvalue weighted by atomic mass is 10.1. The van der Waals surface area contributed by atoms with Crippen molar-refractivity contribution in [3.05, 3.63) is 83.0 Å². The first-order chi connectivity index (χ1) is 18.1. The fourth-order valence-corrected chi connectivity index (χ4v) is 4.09. The number of aryl methyl sites for hydroxylation is 3. The molecule has 3 aromatic carbocycles. The second kappa shape index (κ2) is 11.5. The van der Waals surface area contributed by atoms with Crippen molar-refractivity contribution in [2.24, 2.45) is 11.4 Å². The van der Waals surface area contributed by atoms with Gasteiger partial charge in [-0.15, -0.1) is 13.2 Å². The highest BCUT2D eigenvalue weighted by Crippen LogP contribution is 2.26. The second-order valence-corrected chi connectivity index (χ2v) is 8.90. The Labute approximate surface area is 221 Å². The van der Waals surface area contributed by atoms with E-state index in [-0.39, 0.29) is 18.4 Å². The third kappa shape index (κ3) is 6.97. The predicted octanol–water partition coefficient (Wildman–Crippen LogP) is 6.47. The van der Waals surface area contributed by atoms with Gasteiger partial charge in [0.05, 0.1) is 17.7 Å². The summed E-state index contributed by atoms with van der Waals surface area (Å²) in [5.74, 6) is 0.0611. The molecule has 198 valence electrons. The van der Waals surface area contributed by atoms with Gasteiger partial charge in [0.2, 0.25) is 0 Å². The zero-order valence-electron chi connectivity index (χ0n) is 20.7. The van der Waals surface area contributed by atoms with E-state index in [1.165, 1.54) is 24.3 Å². The van der Waals surface area contributed by atoms with Crippen LogP contribution in [0.25, 0.3) is 10.9 Å². The number of urea groups is 1. The van der Waals surface area contributed by atoms with E-state index in [0.29, 0.717) is 11.4 Å². The van der Waals surface area contributed by atoms with Crippen LogP contribution in [0, 0.1) is 13.8 Å². The molecule has 8 nitrogen and oxygen atoms in total. The second-order valence-electron chi connectivity index (χ2n) is 8.30. The van der Waals surface area contributed by atoms with Gasteiger partial charge in [-0.1, -0.05) is 30.3 Å². The number of hydrogen-bond acceptors (Lipinski definition) is 6. The number of carbonyl (C=O) groups excluding carboxylic acids is 1. The van der Waals surface area contributed by atoms with Crippen molar-refractivity contribution >= 4 is 41.0 Å². The first-order valence-electron chi connectivity index (χ1n) is 11.4. The topological polar surface area (TPSA) is 89.8 Å². The van der Waals surface area contributed by atoms with Crippen LogP contribution in [0.1, 0.15) is 22.4 Å². The Hall–Kier alpha value is -4.19. The standard InChI is InChI=1S/C26H24F3N5O3S/c1-16-5-4-6-17(2)24(16)31-25(35)33-38-30-14-18-7-12-21-22(32-34(3)23(21)13-18)15-36-19-8-10-20(11-9-19)37-26(27,28)29/h4-14H,15H2,1-3H3,(H2,31,33,35). The summed E-state index contributed by atoms with van der Waals surface area (Å²) in [5, 5.41) is 8.18. The van der Waals surface area contributed by atoms with Gasteiger partial charge in [0.1, 0.15) is 23.8 Å². The maximum atomic E-state index is 12.3. The molecule has 4 rings (SSSR count). The minimum absolute atomic E-state index is 0.125. The predicted molar refractivity (Wildman–Crippen MR) is 141 cm³/mol. The summed E-state index contributed by atoms with van der Waals surface area (Å²) in [5.41, 5.74) is 5.02. The van der Waals surface area contributed by atoms with Gasteiger partial charge in [-0.2, -0.15) is 5.10 Å². The zero-order chi connectivity index (χ0) is 27.3. The molecule has 12 heteroatoms. The van der Waals surface area contributed by atoms with E-state index >= 15 is 0 Å². The Morgan fingerprint density at radius 1 is 1.08 bits per heavy atom. The Kier molecular flexibility index (Phi) is 8.10. The van der Waals surface area contributed by atoms with Crippen molar-refractivity contribution in [1.29, 1.82) is 0 Å². The molecule has 38 heavy (non-hydrogen) atoms. The summed E-state index contributed by atoms with van der Waals surface area (Å²) >= 11 is 0.905. The van der Waals surface area contributed by atoms with Crippen molar-refractivity contribution in [3.8, 4) is 11.5 Å². The largest absolute Gasteiger partial charge is 0.573 e. The number of nitrogens with one attached hydrogen (secondary N) is 2. The number of para-hydroxylation sites is 1. The van der Waals surface area contributed by atoms with E-state index in [4.69, 9.17) is 4.74 Å². The lowest BCUT2D eigenvalue weighted by Crippen LogP contribution is -2.23. The molecule has 2 N–H and O–H groups in total. The average molecular weight is 544 g/mol. The van der Waals surface area contributed by atoms with Gasteiger partial charge in [0.25, 0.3) is 0 Å². The van der Waals surface area contributed by atoms with Crippen molar-refractivity contribution in [2.75, 3.05) is 5.32 Å². The summed E-state index contributed by atoms with van der Waals surface area (Å²) in [6, 6.07) is 16.2. The van der Waals surface area contributed by atoms with Crippen molar-refractivity contribution < 1.29 is 27.4 Å². The molecular weight excluding hydrogens is 519 g/mol. The molecule has 1 aromatic heterocycles. The fraction of sp³-hybridized carbons (Fsp3) is 0.192. The smallest absolute Gasteiger partial charge is 0.487 e. The number of fused-ring (bicyclic) bond motifs is 1. The van der Waals surface area contributed by atoms with E-state index in [9.17, 15) is 18.0 Å². The molecule has 0 spiro atoms. The lowest BCUT2D eigenvalue weighted by Gasteiger charge is -2.10. The number of nitrogens with zero attached hydrogens (tertiary/aromatic N) is 3. The Morgan fingerprint density at radius 2 is 1.76 bits per heavy atom. The van der Waals surface area contributed by atoms with Gasteiger partial charge in [-0.25, -0.2) is 9.19 Å². The van der Waals surface area contributed by atoms with Crippen LogP contribution in [0.5, 0.6) is 11.5 Å². The average Bonchev–Trinajstić information content (AvgIpc) is 3.17. The molecule has 0 aliphatic carbocycles. The van der Waals surface area contributed by atoms with Crippen LogP contribution in [0.15, 0.2) is 65.1 Å². The molecule has 4 aromatic rings. The number of halogens is 3. The maximum absolute atomic E-state index is 12.3. The van der Waals surface area contributed by atoms with Gasteiger partial charge in [0, 0.05) is 24.3 Å². The summed E-state index contributed by atoms with van der Waals surface area (Å²) < 4.78 is 55.0. The number of carbonyl (C=O) groups is 1. The van der Waals surface area contributed by atoms with Gasteiger partial charge in [-0.05, 0) is 60.9 Å². The molecule has 0 aliphatic rings. The summed E-state index contributed by atoms with van der Waals surface area (Å²) in [4.78, 5) is 12.2. The van der Waals surface area contributed by atoms with Crippen molar-refractivity contribution in [2.45, 2.75) is 26.8 Å². The Balaban J connectivity index is 1.33. The molecule has 0 aliphatic heterocycles. The van der Waals surface area contributed by atoms with Crippen LogP contribution in [-0.2, 0) is 13.7 Å². The fourth-order valence-electron chi connectivity index (χ4n) is 3.73. The van der Waals surface area contributed by atoms with Crippen LogP contribution in [0.3, 0.4) is 0 Å². The highest BCUT2D eigenvalue weighted by atomic mass is 32.2. The van der Waals surface area contributed by atoms with Crippen LogP contribution in [0.4, 0.5) is 23.7 Å². The van der Waals surface area contributed by atoms with Crippen LogP contribution in [0.2, 0.25) is 0 Å². The maximum Gasteiger partial charge on any atom is 0.573 e. The number of alkyl halides is 3. The molecular formula is C26H24F3N5O3S. The van der Waals surface area contributed by atoms with Crippen LogP contribution < -0.4 is 19.5 Å². The number of benzene rings is 3. The molecule has 0 atom stereocenters. The first kappa shape index (κ1) is 26.9. The minimum atomic E-state index is -4.75. The molecule has 0 unspecified atom stereocenters. The molecule has 0 saturated carbocycles. The van der Waals surface area contributed by atoms with Crippen LogP contribution in [-0.4, -0.2) is 28.4 Å². The highest BCUT2D eigenvalue weighted by Gasteiger charge is 2.31. The third-order valence-corrected chi connectivity index (χ3v) is 5.98. The molecule has 0 bridgehead atoms. The van der Waals surface area contributed by atoms with E-state index < -0.39 is 6.36 Å². The number of ether oxygens (including phenoxy) is 2. The summed E-state index contributed by atoms with van der Waals surface area (Å²) in [6.07, 6.45) is -3.12. The SMILES string of the molecule is Cc1cccc(C)c1NC(=O)NSN=Cc1ccc2c(COc3ccc(OC(F)(F)F)cc3)nn(C)c2c1. The van der Waals surface area contributed by atoms with E-state index in [0.717, 1.165) is 45.4 Å². The van der Waals surface area contributed by atoms with Gasteiger partial charge in [0.15, 0.2) is 0 Å². The quantitative estimate of drug-likeness (QED) is 0.196. The molecule has 2 amide bonds. The monoisotopic (exact) mass is 543 g/mol. The number of aromatic nitrogens is 2. The zero-order valence-corrected chi connectivity index (χ0v) is 21.5.